The molecule has 1 aliphatic rings. The van der Waals surface area contributed by atoms with Crippen molar-refractivity contribution in [2.75, 3.05) is 40.3 Å². The lowest BCUT2D eigenvalue weighted by Crippen LogP contribution is -2.44. The van der Waals surface area contributed by atoms with Crippen LogP contribution in [0.25, 0.3) is 0 Å². The third-order valence-electron chi connectivity index (χ3n) is 3.93. The monoisotopic (exact) mass is 342 g/mol. The number of hydrogen-bond donors (Lipinski definition) is 1. The first-order chi connectivity index (χ1) is 10.9. The highest BCUT2D eigenvalue weighted by Crippen LogP contribution is 2.31. The van der Waals surface area contributed by atoms with Gasteiger partial charge in [-0.15, -0.1) is 0 Å². The molecule has 2 N–H and O–H groups in total. The number of nitrogens with zero attached hydrogens (tertiary/aromatic N) is 3. The first-order valence-corrected chi connectivity index (χ1v) is 8.04. The van der Waals surface area contributed by atoms with Crippen molar-refractivity contribution in [3.05, 3.63) is 34.6 Å². The van der Waals surface area contributed by atoms with Crippen LogP contribution in [0.2, 0.25) is 5.02 Å². The summed E-state index contributed by atoms with van der Waals surface area (Å²) in [5.41, 5.74) is 6.35. The van der Waals surface area contributed by atoms with Crippen LogP contribution < -0.4 is 5.73 Å². The molecule has 128 valence electrons. The van der Waals surface area contributed by atoms with Crippen LogP contribution in [0.1, 0.15) is 18.5 Å². The van der Waals surface area contributed by atoms with Gasteiger partial charge < -0.3 is 15.4 Å². The van der Waals surface area contributed by atoms with Crippen LogP contribution in [0.4, 0.5) is 4.39 Å². The molecule has 0 radical (unpaired) electrons. The largest absolute Gasteiger partial charge is 0.376 e. The number of halogens is 2. The molecule has 0 unspecified atom stereocenters. The van der Waals surface area contributed by atoms with E-state index in [0.717, 1.165) is 0 Å². The Morgan fingerprint density at radius 1 is 1.57 bits per heavy atom. The van der Waals surface area contributed by atoms with E-state index >= 15 is 0 Å². The van der Waals surface area contributed by atoms with Crippen LogP contribution in [-0.4, -0.2) is 62.2 Å². The quantitative estimate of drug-likeness (QED) is 0.672. The Kier molecular flexibility index (Phi) is 6.21. The number of nitrogens with two attached hydrogens (primary N) is 1. The van der Waals surface area contributed by atoms with Gasteiger partial charge in [0.2, 0.25) is 0 Å². The first kappa shape index (κ1) is 18.0. The van der Waals surface area contributed by atoms with Crippen molar-refractivity contribution in [1.29, 1.82) is 0 Å². The van der Waals surface area contributed by atoms with Crippen molar-refractivity contribution < 1.29 is 9.13 Å². The van der Waals surface area contributed by atoms with Crippen molar-refractivity contribution in [3.8, 4) is 0 Å². The second-order valence-corrected chi connectivity index (χ2v) is 6.33. The molecule has 7 heteroatoms. The van der Waals surface area contributed by atoms with Gasteiger partial charge >= 0.3 is 0 Å². The van der Waals surface area contributed by atoms with Crippen molar-refractivity contribution in [1.82, 2.24) is 9.80 Å². The maximum Gasteiger partial charge on any atom is 0.190 e. The predicted molar refractivity (Wildman–Crippen MR) is 91.3 cm³/mol. The molecular weight excluding hydrogens is 319 g/mol. The summed E-state index contributed by atoms with van der Waals surface area (Å²) < 4.78 is 20.0. The Morgan fingerprint density at radius 3 is 2.91 bits per heavy atom. The molecular formula is C16H24ClFN4O. The van der Waals surface area contributed by atoms with E-state index in [0.29, 0.717) is 42.8 Å². The molecule has 0 amide bonds. The summed E-state index contributed by atoms with van der Waals surface area (Å²) in [4.78, 5) is 8.28. The zero-order chi connectivity index (χ0) is 17.0. The Bertz CT molecular complexity index is 547. The van der Waals surface area contributed by atoms with Crippen LogP contribution >= 0.6 is 11.6 Å². The molecule has 2 atom stereocenters. The van der Waals surface area contributed by atoms with Gasteiger partial charge in [0.05, 0.1) is 25.3 Å². The highest BCUT2D eigenvalue weighted by Gasteiger charge is 2.29. The predicted octanol–water partition coefficient (Wildman–Crippen LogP) is 2.12. The van der Waals surface area contributed by atoms with Crippen molar-refractivity contribution >= 4 is 17.6 Å². The van der Waals surface area contributed by atoms with Gasteiger partial charge in [-0.2, -0.15) is 0 Å². The molecule has 1 aliphatic heterocycles. The molecule has 0 aliphatic carbocycles. The number of rotatable bonds is 4. The standard InChI is InChI=1S/C16H24ClFN4O/c1-11-10-22(7-8-23-11)14(9-20-16(19)21(2)3)15-12(17)5-4-6-13(15)18/h4-6,11,14H,7-10H2,1-3H3,(H2,19,20)/t11-,14+/m0/s1. The van der Waals surface area contributed by atoms with E-state index in [1.165, 1.54) is 6.07 Å². The maximum atomic E-state index is 14.4. The molecule has 1 heterocycles. The zero-order valence-electron chi connectivity index (χ0n) is 13.8. The summed E-state index contributed by atoms with van der Waals surface area (Å²) in [6.45, 7) is 4.36. The van der Waals surface area contributed by atoms with Crippen molar-refractivity contribution in [2.45, 2.75) is 19.1 Å². The lowest BCUT2D eigenvalue weighted by Gasteiger charge is -2.37. The number of guanidine groups is 1. The SMILES string of the molecule is C[C@H]1CN([C@H](CN=C(N)N(C)C)c2c(F)cccc2Cl)CCO1. The van der Waals surface area contributed by atoms with Gasteiger partial charge in [-0.05, 0) is 19.1 Å². The number of ether oxygens (including phenoxy) is 1. The van der Waals surface area contributed by atoms with E-state index in [-0.39, 0.29) is 18.0 Å². The van der Waals surface area contributed by atoms with Crippen molar-refractivity contribution in [3.63, 3.8) is 0 Å². The summed E-state index contributed by atoms with van der Waals surface area (Å²) in [5.74, 6) is 0.0871. The normalized spacial score (nSPS) is 21.3. The number of hydrogen-bond acceptors (Lipinski definition) is 3. The van der Waals surface area contributed by atoms with Gasteiger partial charge in [-0.3, -0.25) is 9.89 Å². The summed E-state index contributed by atoms with van der Waals surface area (Å²) in [6, 6.07) is 4.47. The molecule has 5 nitrogen and oxygen atoms in total. The third kappa shape index (κ3) is 4.56. The van der Waals surface area contributed by atoms with Gasteiger partial charge in [0.25, 0.3) is 0 Å². The molecule has 0 bridgehead atoms. The molecule has 1 aromatic carbocycles. The fraction of sp³-hybridized carbons (Fsp3) is 0.562. The first-order valence-electron chi connectivity index (χ1n) is 7.67. The van der Waals surface area contributed by atoms with Gasteiger partial charge in [-0.1, -0.05) is 17.7 Å². The maximum absolute atomic E-state index is 14.4. The van der Waals surface area contributed by atoms with Crippen molar-refractivity contribution in [2.24, 2.45) is 10.7 Å². The molecule has 23 heavy (non-hydrogen) atoms. The van der Waals surface area contributed by atoms with E-state index in [9.17, 15) is 4.39 Å². The second-order valence-electron chi connectivity index (χ2n) is 5.92. The van der Waals surface area contributed by atoms with Gasteiger partial charge in [-0.25, -0.2) is 4.39 Å². The highest BCUT2D eigenvalue weighted by atomic mass is 35.5. The highest BCUT2D eigenvalue weighted by molar-refractivity contribution is 6.31. The lowest BCUT2D eigenvalue weighted by molar-refractivity contribution is -0.0336. The fourth-order valence-electron chi connectivity index (χ4n) is 2.67. The van der Waals surface area contributed by atoms with Gasteiger partial charge in [0.15, 0.2) is 5.96 Å². The smallest absolute Gasteiger partial charge is 0.190 e. The molecule has 2 rings (SSSR count). The van der Waals surface area contributed by atoms with Gasteiger partial charge in [0.1, 0.15) is 5.82 Å². The van der Waals surface area contributed by atoms with E-state index in [1.54, 1.807) is 17.0 Å². The third-order valence-corrected chi connectivity index (χ3v) is 4.26. The molecule has 1 fully saturated rings. The van der Waals surface area contributed by atoms with Crippen LogP contribution in [-0.2, 0) is 4.74 Å². The topological polar surface area (TPSA) is 54.1 Å². The van der Waals surface area contributed by atoms with E-state index in [2.05, 4.69) is 9.89 Å². The molecule has 1 saturated heterocycles. The van der Waals surface area contributed by atoms with Crippen LogP contribution in [0, 0.1) is 5.82 Å². The van der Waals surface area contributed by atoms with E-state index < -0.39 is 0 Å². The average Bonchev–Trinajstić information content (AvgIpc) is 2.49. The Balaban J connectivity index is 2.33. The lowest BCUT2D eigenvalue weighted by atomic mass is 10.0. The summed E-state index contributed by atoms with van der Waals surface area (Å²) in [6.07, 6.45) is 0.0898. The number of aliphatic imine (C=N–C) groups is 1. The minimum Gasteiger partial charge on any atom is -0.376 e. The molecule has 0 aromatic heterocycles. The Morgan fingerprint density at radius 2 is 2.30 bits per heavy atom. The van der Waals surface area contributed by atoms with E-state index in [1.807, 2.05) is 21.0 Å². The zero-order valence-corrected chi connectivity index (χ0v) is 14.6. The summed E-state index contributed by atoms with van der Waals surface area (Å²) >= 11 is 6.27. The number of benzene rings is 1. The summed E-state index contributed by atoms with van der Waals surface area (Å²) in [5, 5.41) is 0.410. The minimum atomic E-state index is -0.319. The van der Waals surface area contributed by atoms with E-state index in [4.69, 9.17) is 22.1 Å². The van der Waals surface area contributed by atoms with Crippen LogP contribution in [0.5, 0.6) is 0 Å². The van der Waals surface area contributed by atoms with Crippen LogP contribution in [0.15, 0.2) is 23.2 Å². The minimum absolute atomic E-state index is 0.0898. The summed E-state index contributed by atoms with van der Waals surface area (Å²) in [7, 11) is 3.64. The van der Waals surface area contributed by atoms with Crippen LogP contribution in [0.3, 0.4) is 0 Å². The fourth-order valence-corrected chi connectivity index (χ4v) is 2.96. The Hall–Kier alpha value is -1.37. The average molecular weight is 343 g/mol. The van der Waals surface area contributed by atoms with Gasteiger partial charge in [0, 0.05) is 37.8 Å². The number of morpholine rings is 1. The molecule has 0 spiro atoms. The Labute approximate surface area is 141 Å². The molecule has 1 aromatic rings. The second kappa shape index (κ2) is 7.95. The molecule has 0 saturated carbocycles.